The fourth-order valence-corrected chi connectivity index (χ4v) is 9.21. The molecule has 0 aromatic rings. The molecule has 4 aliphatic rings. The Morgan fingerprint density at radius 2 is 1.59 bits per heavy atom. The molecule has 1 N–H and O–H groups in total. The third-order valence-corrected chi connectivity index (χ3v) is 10.6. The molecule has 4 aliphatic carbocycles. The highest BCUT2D eigenvalue weighted by atomic mass is 16.3. The quantitative estimate of drug-likeness (QED) is 0.538. The van der Waals surface area contributed by atoms with E-state index < -0.39 is 0 Å². The van der Waals surface area contributed by atoms with Crippen molar-refractivity contribution in [2.45, 2.75) is 117 Å². The molecule has 4 saturated carbocycles. The van der Waals surface area contributed by atoms with Gasteiger partial charge in [0.2, 0.25) is 0 Å². The van der Waals surface area contributed by atoms with E-state index in [9.17, 15) is 5.11 Å². The number of aliphatic hydroxyl groups is 1. The third kappa shape index (κ3) is 3.43. The van der Waals surface area contributed by atoms with Crippen LogP contribution < -0.4 is 0 Å². The van der Waals surface area contributed by atoms with Crippen molar-refractivity contribution < 1.29 is 5.11 Å². The van der Waals surface area contributed by atoms with Crippen LogP contribution in [0.1, 0.15) is 111 Å². The summed E-state index contributed by atoms with van der Waals surface area (Å²) in [5.74, 6) is 5.93. The summed E-state index contributed by atoms with van der Waals surface area (Å²) < 4.78 is 0. The van der Waals surface area contributed by atoms with E-state index in [0.717, 1.165) is 41.9 Å². The molecule has 4 rings (SSSR count). The van der Waals surface area contributed by atoms with Gasteiger partial charge in [-0.3, -0.25) is 0 Å². The first-order valence-electron chi connectivity index (χ1n) is 12.5. The molecule has 1 heteroatoms. The number of fused-ring (bicyclic) bond motifs is 5. The second-order valence-electron chi connectivity index (χ2n) is 11.9. The zero-order chi connectivity index (χ0) is 19.2. The normalized spacial score (nSPS) is 49.0. The minimum Gasteiger partial charge on any atom is -0.393 e. The van der Waals surface area contributed by atoms with Crippen molar-refractivity contribution in [2.24, 2.45) is 46.3 Å². The number of hydrogen-bond donors (Lipinski definition) is 1. The summed E-state index contributed by atoms with van der Waals surface area (Å²) in [7, 11) is 0. The summed E-state index contributed by atoms with van der Waals surface area (Å²) in [4.78, 5) is 0. The molecule has 0 amide bonds. The fourth-order valence-electron chi connectivity index (χ4n) is 9.21. The van der Waals surface area contributed by atoms with Crippen LogP contribution in [0.25, 0.3) is 0 Å². The second kappa shape index (κ2) is 7.66. The van der Waals surface area contributed by atoms with E-state index in [2.05, 4.69) is 20.8 Å². The molecule has 9 atom stereocenters. The zero-order valence-corrected chi connectivity index (χ0v) is 18.7. The highest BCUT2D eigenvalue weighted by molar-refractivity contribution is 5.09. The van der Waals surface area contributed by atoms with Crippen LogP contribution in [0.4, 0.5) is 0 Å². The van der Waals surface area contributed by atoms with Gasteiger partial charge >= 0.3 is 0 Å². The Morgan fingerprint density at radius 3 is 2.37 bits per heavy atom. The molecule has 1 nitrogen and oxygen atoms in total. The van der Waals surface area contributed by atoms with Crippen LogP contribution >= 0.6 is 0 Å². The first-order chi connectivity index (χ1) is 12.9. The van der Waals surface area contributed by atoms with Gasteiger partial charge in [0.1, 0.15) is 0 Å². The van der Waals surface area contributed by atoms with E-state index in [-0.39, 0.29) is 6.10 Å². The number of aliphatic hydroxyl groups excluding tert-OH is 1. The van der Waals surface area contributed by atoms with Gasteiger partial charge in [-0.1, -0.05) is 46.5 Å². The molecule has 0 saturated heterocycles. The Bertz CT molecular complexity index is 512. The van der Waals surface area contributed by atoms with E-state index in [1.807, 2.05) is 6.92 Å². The lowest BCUT2D eigenvalue weighted by Crippen LogP contribution is -2.53. The molecular formula is C26H46O. The van der Waals surface area contributed by atoms with Gasteiger partial charge < -0.3 is 5.11 Å². The average Bonchev–Trinajstić information content (AvgIpc) is 2.98. The van der Waals surface area contributed by atoms with Gasteiger partial charge in [-0.2, -0.15) is 0 Å². The van der Waals surface area contributed by atoms with E-state index in [1.54, 1.807) is 12.8 Å². The topological polar surface area (TPSA) is 20.2 Å². The molecule has 27 heavy (non-hydrogen) atoms. The van der Waals surface area contributed by atoms with Crippen molar-refractivity contribution in [3.8, 4) is 0 Å². The van der Waals surface area contributed by atoms with Crippen LogP contribution in [-0.2, 0) is 0 Å². The lowest BCUT2D eigenvalue weighted by Gasteiger charge is -2.61. The molecule has 0 aliphatic heterocycles. The molecular weight excluding hydrogens is 328 g/mol. The van der Waals surface area contributed by atoms with E-state index in [4.69, 9.17) is 0 Å². The maximum absolute atomic E-state index is 9.62. The molecule has 4 fully saturated rings. The van der Waals surface area contributed by atoms with Crippen LogP contribution in [-0.4, -0.2) is 11.2 Å². The molecule has 0 spiro atoms. The van der Waals surface area contributed by atoms with Gasteiger partial charge in [0.25, 0.3) is 0 Å². The highest BCUT2D eigenvalue weighted by Gasteiger charge is 2.59. The molecule has 0 radical (unpaired) electrons. The third-order valence-electron chi connectivity index (χ3n) is 10.6. The summed E-state index contributed by atoms with van der Waals surface area (Å²) in [6, 6.07) is 0. The Balaban J connectivity index is 1.46. The average molecular weight is 375 g/mol. The molecule has 1 unspecified atom stereocenters. The largest absolute Gasteiger partial charge is 0.393 e. The minimum absolute atomic E-state index is 0.119. The first-order valence-corrected chi connectivity index (χ1v) is 12.5. The maximum atomic E-state index is 9.62. The molecule has 0 bridgehead atoms. The first kappa shape index (κ1) is 20.2. The summed E-state index contributed by atoms with van der Waals surface area (Å²) in [5.41, 5.74) is 1.30. The van der Waals surface area contributed by atoms with Crippen molar-refractivity contribution in [3.63, 3.8) is 0 Å². The molecule has 156 valence electrons. The minimum atomic E-state index is -0.119. The lowest BCUT2D eigenvalue weighted by molar-refractivity contribution is -0.114. The Labute approximate surface area is 169 Å². The smallest absolute Gasteiger partial charge is 0.0512 e. The summed E-state index contributed by atoms with van der Waals surface area (Å²) >= 11 is 0. The predicted octanol–water partition coefficient (Wildman–Crippen LogP) is 7.22. The fraction of sp³-hybridized carbons (Fsp3) is 1.00. The zero-order valence-electron chi connectivity index (χ0n) is 18.7. The Hall–Kier alpha value is -0.0400. The summed E-state index contributed by atoms with van der Waals surface area (Å²) in [6.07, 6.45) is 18.6. The van der Waals surface area contributed by atoms with Crippen LogP contribution in [0.5, 0.6) is 0 Å². The summed E-state index contributed by atoms with van der Waals surface area (Å²) in [5, 5.41) is 9.62. The molecule has 0 heterocycles. The van der Waals surface area contributed by atoms with Crippen molar-refractivity contribution >= 4 is 0 Å². The van der Waals surface area contributed by atoms with Crippen LogP contribution in [0.15, 0.2) is 0 Å². The Morgan fingerprint density at radius 1 is 0.815 bits per heavy atom. The maximum Gasteiger partial charge on any atom is 0.0512 e. The van der Waals surface area contributed by atoms with Crippen LogP contribution in [0.2, 0.25) is 0 Å². The van der Waals surface area contributed by atoms with E-state index in [0.29, 0.717) is 10.8 Å². The van der Waals surface area contributed by atoms with Crippen molar-refractivity contribution in [1.29, 1.82) is 0 Å². The van der Waals surface area contributed by atoms with Gasteiger partial charge in [0, 0.05) is 0 Å². The van der Waals surface area contributed by atoms with Crippen molar-refractivity contribution in [1.82, 2.24) is 0 Å². The van der Waals surface area contributed by atoms with E-state index in [1.165, 1.54) is 64.2 Å². The van der Waals surface area contributed by atoms with Gasteiger partial charge in [-0.15, -0.1) is 0 Å². The SMILES string of the molecule is CC(O)CCC[C@@H](C)[C@H]1CC[C@H]2[C@@H]3CC[C@H]4CCCC[C@]4(C)[C@H]3CC[C@]12C. The highest BCUT2D eigenvalue weighted by Crippen LogP contribution is 2.68. The number of hydrogen-bond acceptors (Lipinski definition) is 1. The predicted molar refractivity (Wildman–Crippen MR) is 115 cm³/mol. The standard InChI is InChI=1S/C26H46O/c1-18(8-7-9-19(2)27)22-13-14-23-21-12-11-20-10-5-6-16-25(20,3)24(21)15-17-26(22,23)4/h18-24,27H,5-17H2,1-4H3/t18-,19?,20-,21+,22-,23+,24+,25+,26-/m1/s1. The molecule has 0 aromatic carbocycles. The second-order valence-corrected chi connectivity index (χ2v) is 11.9. The molecule has 0 aromatic heterocycles. The van der Waals surface area contributed by atoms with Gasteiger partial charge in [0.15, 0.2) is 0 Å². The van der Waals surface area contributed by atoms with Crippen molar-refractivity contribution in [2.75, 3.05) is 0 Å². The van der Waals surface area contributed by atoms with E-state index >= 15 is 0 Å². The van der Waals surface area contributed by atoms with Gasteiger partial charge in [-0.25, -0.2) is 0 Å². The van der Waals surface area contributed by atoms with Crippen LogP contribution in [0.3, 0.4) is 0 Å². The Kier molecular flexibility index (Phi) is 5.74. The van der Waals surface area contributed by atoms with Gasteiger partial charge in [0.05, 0.1) is 6.10 Å². The lowest BCUT2D eigenvalue weighted by atomic mass is 9.44. The van der Waals surface area contributed by atoms with Crippen LogP contribution in [0, 0.1) is 46.3 Å². The summed E-state index contributed by atoms with van der Waals surface area (Å²) in [6.45, 7) is 9.89. The number of rotatable bonds is 5. The van der Waals surface area contributed by atoms with Crippen molar-refractivity contribution in [3.05, 3.63) is 0 Å². The van der Waals surface area contributed by atoms with Gasteiger partial charge in [-0.05, 0) is 111 Å². The monoisotopic (exact) mass is 374 g/mol.